The van der Waals surface area contributed by atoms with Crippen molar-refractivity contribution in [3.63, 3.8) is 0 Å². The molecule has 0 fully saturated rings. The van der Waals surface area contributed by atoms with E-state index in [-0.39, 0.29) is 5.41 Å². The van der Waals surface area contributed by atoms with Crippen molar-refractivity contribution in [1.82, 2.24) is 5.32 Å². The van der Waals surface area contributed by atoms with Crippen molar-refractivity contribution in [2.24, 2.45) is 5.41 Å². The quantitative estimate of drug-likeness (QED) is 0.813. The molecular formula is C16H23Cl2NO. The molecule has 20 heavy (non-hydrogen) atoms. The maximum Gasteiger partial charge on any atom is 0.127 e. The van der Waals surface area contributed by atoms with Gasteiger partial charge in [-0.3, -0.25) is 0 Å². The first kappa shape index (κ1) is 15.9. The molecule has 112 valence electrons. The second kappa shape index (κ2) is 6.55. The lowest BCUT2D eigenvalue weighted by atomic mass is 9.85. The second-order valence-electron chi connectivity index (χ2n) is 6.43. The van der Waals surface area contributed by atoms with E-state index in [0.717, 1.165) is 42.3 Å². The molecule has 0 amide bonds. The van der Waals surface area contributed by atoms with Gasteiger partial charge in [0.1, 0.15) is 5.75 Å². The molecule has 1 heterocycles. The summed E-state index contributed by atoms with van der Waals surface area (Å²) < 4.78 is 5.74. The van der Waals surface area contributed by atoms with Crippen LogP contribution in [-0.4, -0.2) is 18.5 Å². The standard InChI is InChI=1S/C16H23Cl2NO/c1-16(2,3)14(4-6-17)19-10-12-9-13(18)8-11-5-7-20-15(11)12/h8-9,14,19H,4-7,10H2,1-3H3. The Balaban J connectivity index is 2.10. The number of hydrogen-bond donors (Lipinski definition) is 1. The smallest absolute Gasteiger partial charge is 0.127 e. The lowest BCUT2D eigenvalue weighted by Crippen LogP contribution is -2.40. The fourth-order valence-corrected chi connectivity index (χ4v) is 3.14. The fraction of sp³-hybridized carbons (Fsp3) is 0.625. The Kier molecular flexibility index (Phi) is 5.22. The lowest BCUT2D eigenvalue weighted by molar-refractivity contribution is 0.259. The van der Waals surface area contributed by atoms with E-state index in [4.69, 9.17) is 27.9 Å². The average molecular weight is 316 g/mol. The summed E-state index contributed by atoms with van der Waals surface area (Å²) in [5.74, 6) is 1.68. The van der Waals surface area contributed by atoms with Gasteiger partial charge in [-0.25, -0.2) is 0 Å². The molecule has 2 rings (SSSR count). The predicted molar refractivity (Wildman–Crippen MR) is 86.1 cm³/mol. The molecule has 4 heteroatoms. The van der Waals surface area contributed by atoms with Crippen LogP contribution in [0.4, 0.5) is 0 Å². The Bertz CT molecular complexity index is 468. The van der Waals surface area contributed by atoms with Gasteiger partial charge in [0.2, 0.25) is 0 Å². The van der Waals surface area contributed by atoms with Crippen LogP contribution in [0, 0.1) is 5.41 Å². The SMILES string of the molecule is CC(C)(C)C(CCCl)NCc1cc(Cl)cc2c1OCC2. The molecular weight excluding hydrogens is 293 g/mol. The zero-order valence-electron chi connectivity index (χ0n) is 12.4. The third-order valence-electron chi connectivity index (χ3n) is 3.81. The van der Waals surface area contributed by atoms with E-state index >= 15 is 0 Å². The Labute approximate surface area is 131 Å². The molecule has 0 saturated carbocycles. The first-order valence-electron chi connectivity index (χ1n) is 7.15. The number of nitrogens with one attached hydrogen (secondary N) is 1. The zero-order chi connectivity index (χ0) is 14.8. The summed E-state index contributed by atoms with van der Waals surface area (Å²) in [5, 5.41) is 4.40. The molecule has 0 saturated heterocycles. The molecule has 0 aromatic heterocycles. The Morgan fingerprint density at radius 1 is 1.35 bits per heavy atom. The third kappa shape index (κ3) is 3.81. The first-order valence-corrected chi connectivity index (χ1v) is 8.06. The minimum atomic E-state index is 0.178. The highest BCUT2D eigenvalue weighted by atomic mass is 35.5. The largest absolute Gasteiger partial charge is 0.493 e. The summed E-state index contributed by atoms with van der Waals surface area (Å²) in [4.78, 5) is 0. The van der Waals surface area contributed by atoms with Crippen molar-refractivity contribution in [3.8, 4) is 5.75 Å². The number of hydrogen-bond acceptors (Lipinski definition) is 2. The summed E-state index contributed by atoms with van der Waals surface area (Å²) >= 11 is 12.1. The summed E-state index contributed by atoms with van der Waals surface area (Å²) in [6.07, 6.45) is 1.90. The van der Waals surface area contributed by atoms with Crippen LogP contribution in [0.2, 0.25) is 5.02 Å². The van der Waals surface area contributed by atoms with Crippen LogP contribution >= 0.6 is 23.2 Å². The highest BCUT2D eigenvalue weighted by Crippen LogP contribution is 2.33. The van der Waals surface area contributed by atoms with Gasteiger partial charge in [-0.1, -0.05) is 32.4 Å². The van der Waals surface area contributed by atoms with E-state index in [0.29, 0.717) is 11.9 Å². The maximum absolute atomic E-state index is 6.19. The molecule has 1 N–H and O–H groups in total. The van der Waals surface area contributed by atoms with Crippen molar-refractivity contribution in [2.75, 3.05) is 12.5 Å². The monoisotopic (exact) mass is 315 g/mol. The molecule has 0 spiro atoms. The van der Waals surface area contributed by atoms with Gasteiger partial charge in [-0.05, 0) is 29.5 Å². The van der Waals surface area contributed by atoms with Crippen molar-refractivity contribution in [1.29, 1.82) is 0 Å². The van der Waals surface area contributed by atoms with E-state index in [1.165, 1.54) is 5.56 Å². The topological polar surface area (TPSA) is 21.3 Å². The predicted octanol–water partition coefficient (Wildman–Crippen LogP) is 4.41. The molecule has 0 bridgehead atoms. The van der Waals surface area contributed by atoms with E-state index in [9.17, 15) is 0 Å². The molecule has 1 aromatic rings. The summed E-state index contributed by atoms with van der Waals surface area (Å²) in [7, 11) is 0. The minimum Gasteiger partial charge on any atom is -0.493 e. The lowest BCUT2D eigenvalue weighted by Gasteiger charge is -2.31. The van der Waals surface area contributed by atoms with Crippen LogP contribution in [0.5, 0.6) is 5.75 Å². The number of alkyl halides is 1. The van der Waals surface area contributed by atoms with Crippen molar-refractivity contribution in [2.45, 2.75) is 46.2 Å². The highest BCUT2D eigenvalue weighted by molar-refractivity contribution is 6.30. The molecule has 1 aliphatic heterocycles. The summed E-state index contributed by atoms with van der Waals surface area (Å²) in [6, 6.07) is 4.38. The van der Waals surface area contributed by atoms with E-state index in [1.54, 1.807) is 0 Å². The van der Waals surface area contributed by atoms with Crippen LogP contribution in [-0.2, 0) is 13.0 Å². The van der Waals surface area contributed by atoms with Crippen molar-refractivity contribution in [3.05, 3.63) is 28.3 Å². The van der Waals surface area contributed by atoms with Crippen LogP contribution in [0.3, 0.4) is 0 Å². The van der Waals surface area contributed by atoms with Crippen molar-refractivity contribution >= 4 is 23.2 Å². The van der Waals surface area contributed by atoms with Crippen LogP contribution in [0.25, 0.3) is 0 Å². The zero-order valence-corrected chi connectivity index (χ0v) is 13.9. The van der Waals surface area contributed by atoms with Gasteiger partial charge in [0.25, 0.3) is 0 Å². The molecule has 1 atom stereocenters. The number of fused-ring (bicyclic) bond motifs is 1. The first-order chi connectivity index (χ1) is 9.41. The minimum absolute atomic E-state index is 0.178. The van der Waals surface area contributed by atoms with Gasteiger partial charge < -0.3 is 10.1 Å². The molecule has 1 aliphatic rings. The van der Waals surface area contributed by atoms with E-state index in [2.05, 4.69) is 26.1 Å². The van der Waals surface area contributed by atoms with Crippen LogP contribution < -0.4 is 10.1 Å². The van der Waals surface area contributed by atoms with Gasteiger partial charge in [0, 0.05) is 35.5 Å². The van der Waals surface area contributed by atoms with Crippen LogP contribution in [0.1, 0.15) is 38.3 Å². The van der Waals surface area contributed by atoms with Gasteiger partial charge in [0.15, 0.2) is 0 Å². The molecule has 2 nitrogen and oxygen atoms in total. The third-order valence-corrected chi connectivity index (χ3v) is 4.24. The summed E-state index contributed by atoms with van der Waals surface area (Å²) in [5.41, 5.74) is 2.55. The maximum atomic E-state index is 6.19. The molecule has 0 aliphatic carbocycles. The molecule has 0 radical (unpaired) electrons. The van der Waals surface area contributed by atoms with E-state index < -0.39 is 0 Å². The molecule has 1 aromatic carbocycles. The normalized spacial score (nSPS) is 15.8. The molecule has 1 unspecified atom stereocenters. The fourth-order valence-electron chi connectivity index (χ4n) is 2.66. The summed E-state index contributed by atoms with van der Waals surface area (Å²) in [6.45, 7) is 8.22. The van der Waals surface area contributed by atoms with Gasteiger partial charge in [0.05, 0.1) is 6.61 Å². The van der Waals surface area contributed by atoms with Gasteiger partial charge >= 0.3 is 0 Å². The average Bonchev–Trinajstić information content (AvgIpc) is 2.80. The number of ether oxygens (including phenoxy) is 1. The highest BCUT2D eigenvalue weighted by Gasteiger charge is 2.24. The Morgan fingerprint density at radius 2 is 2.10 bits per heavy atom. The number of halogens is 2. The van der Waals surface area contributed by atoms with Crippen LogP contribution in [0.15, 0.2) is 12.1 Å². The van der Waals surface area contributed by atoms with Gasteiger partial charge in [-0.15, -0.1) is 11.6 Å². The van der Waals surface area contributed by atoms with E-state index in [1.807, 2.05) is 12.1 Å². The van der Waals surface area contributed by atoms with Crippen molar-refractivity contribution < 1.29 is 4.74 Å². The second-order valence-corrected chi connectivity index (χ2v) is 7.24. The number of rotatable bonds is 5. The number of benzene rings is 1. The van der Waals surface area contributed by atoms with Gasteiger partial charge in [-0.2, -0.15) is 0 Å². The Hall–Kier alpha value is -0.440. The Morgan fingerprint density at radius 3 is 2.75 bits per heavy atom.